The molecule has 1 fully saturated rings. The summed E-state index contributed by atoms with van der Waals surface area (Å²) in [6.07, 6.45) is 6.63. The molecule has 1 unspecified atom stereocenters. The Morgan fingerprint density at radius 1 is 1.42 bits per heavy atom. The number of aryl methyl sites for hydroxylation is 1. The number of H-pyrrole nitrogens is 1. The zero-order valence-electron chi connectivity index (χ0n) is 13.6. The Bertz CT molecular complexity index is 754. The Labute approximate surface area is 139 Å². The van der Waals surface area contributed by atoms with Gasteiger partial charge < -0.3 is 14.6 Å². The number of aromatic nitrogens is 3. The van der Waals surface area contributed by atoms with Gasteiger partial charge in [-0.05, 0) is 37.5 Å². The molecule has 24 heavy (non-hydrogen) atoms. The molecule has 0 bridgehead atoms. The number of nitrogens with one attached hydrogen (secondary N) is 1. The zero-order chi connectivity index (χ0) is 16.9. The van der Waals surface area contributed by atoms with Gasteiger partial charge in [0.1, 0.15) is 11.4 Å². The third kappa shape index (κ3) is 3.86. The second kappa shape index (κ2) is 7.35. The van der Waals surface area contributed by atoms with Gasteiger partial charge in [0.2, 0.25) is 0 Å². The van der Waals surface area contributed by atoms with Crippen molar-refractivity contribution in [3.8, 4) is 0 Å². The van der Waals surface area contributed by atoms with E-state index in [1.807, 2.05) is 12.1 Å². The predicted molar refractivity (Wildman–Crippen MR) is 87.5 cm³/mol. The maximum atomic E-state index is 12.9. The van der Waals surface area contributed by atoms with E-state index in [1.165, 1.54) is 6.20 Å². The van der Waals surface area contributed by atoms with Crippen molar-refractivity contribution in [1.29, 1.82) is 0 Å². The van der Waals surface area contributed by atoms with Crippen LogP contribution < -0.4 is 5.56 Å². The van der Waals surface area contributed by atoms with Crippen LogP contribution in [0.5, 0.6) is 0 Å². The summed E-state index contributed by atoms with van der Waals surface area (Å²) in [7, 11) is 0. The Morgan fingerprint density at radius 2 is 2.21 bits per heavy atom. The molecule has 1 aliphatic heterocycles. The quantitative estimate of drug-likeness (QED) is 0.893. The predicted octanol–water partition coefficient (Wildman–Crippen LogP) is 1.29. The van der Waals surface area contributed by atoms with Crippen molar-refractivity contribution in [2.24, 2.45) is 0 Å². The molecular weight excluding hydrogens is 308 g/mol. The lowest BCUT2D eigenvalue weighted by Crippen LogP contribution is -2.39. The minimum Gasteiger partial charge on any atom is -0.376 e. The molecule has 1 saturated heterocycles. The normalized spacial score (nSPS) is 17.0. The standard InChI is InChI=1S/C17H20N4O3/c1-12-19-9-15(16(22)20-12)17(23)21(11-14-3-2-8-24-14)10-13-4-6-18-7-5-13/h4-7,9,14H,2-3,8,10-11H2,1H3,(H,19,20,22). The summed E-state index contributed by atoms with van der Waals surface area (Å²) in [6, 6.07) is 3.71. The summed E-state index contributed by atoms with van der Waals surface area (Å²) < 4.78 is 5.65. The fourth-order valence-corrected chi connectivity index (χ4v) is 2.77. The summed E-state index contributed by atoms with van der Waals surface area (Å²) in [5, 5.41) is 0. The van der Waals surface area contributed by atoms with Gasteiger partial charge in [-0.1, -0.05) is 0 Å². The fourth-order valence-electron chi connectivity index (χ4n) is 2.77. The van der Waals surface area contributed by atoms with Crippen LogP contribution in [0, 0.1) is 6.92 Å². The molecule has 1 amide bonds. The SMILES string of the molecule is Cc1ncc(C(=O)N(Cc2ccncc2)CC2CCCO2)c(=O)[nH]1. The maximum absolute atomic E-state index is 12.9. The number of pyridine rings is 1. The van der Waals surface area contributed by atoms with Crippen LogP contribution in [0.4, 0.5) is 0 Å². The second-order valence-electron chi connectivity index (χ2n) is 5.89. The minimum absolute atomic E-state index is 0.00766. The van der Waals surface area contributed by atoms with Gasteiger partial charge >= 0.3 is 0 Å². The fraction of sp³-hybridized carbons (Fsp3) is 0.412. The molecule has 1 N–H and O–H groups in total. The van der Waals surface area contributed by atoms with Crippen LogP contribution >= 0.6 is 0 Å². The summed E-state index contributed by atoms with van der Waals surface area (Å²) in [6.45, 7) is 3.24. The van der Waals surface area contributed by atoms with Gasteiger partial charge in [-0.2, -0.15) is 0 Å². The van der Waals surface area contributed by atoms with Crippen molar-refractivity contribution >= 4 is 5.91 Å². The average Bonchev–Trinajstić information content (AvgIpc) is 3.08. The number of hydrogen-bond acceptors (Lipinski definition) is 5. The molecule has 7 heteroatoms. The second-order valence-corrected chi connectivity index (χ2v) is 5.89. The third-order valence-electron chi connectivity index (χ3n) is 4.01. The lowest BCUT2D eigenvalue weighted by molar-refractivity contribution is 0.0505. The van der Waals surface area contributed by atoms with Crippen molar-refractivity contribution in [1.82, 2.24) is 19.9 Å². The first-order chi connectivity index (χ1) is 11.6. The van der Waals surface area contributed by atoms with Crippen molar-refractivity contribution in [3.63, 3.8) is 0 Å². The number of hydrogen-bond donors (Lipinski definition) is 1. The highest BCUT2D eigenvalue weighted by Gasteiger charge is 2.25. The summed E-state index contributed by atoms with van der Waals surface area (Å²) in [5.74, 6) is 0.146. The van der Waals surface area contributed by atoms with E-state index in [0.717, 1.165) is 18.4 Å². The highest BCUT2D eigenvalue weighted by atomic mass is 16.5. The van der Waals surface area contributed by atoms with E-state index in [1.54, 1.807) is 24.2 Å². The molecule has 3 rings (SSSR count). The van der Waals surface area contributed by atoms with Gasteiger partial charge in [-0.15, -0.1) is 0 Å². The molecule has 3 heterocycles. The number of rotatable bonds is 5. The molecule has 7 nitrogen and oxygen atoms in total. The Kier molecular flexibility index (Phi) is 5.00. The number of carbonyl (C=O) groups excluding carboxylic acids is 1. The lowest BCUT2D eigenvalue weighted by atomic mass is 10.1. The smallest absolute Gasteiger partial charge is 0.263 e. The highest BCUT2D eigenvalue weighted by Crippen LogP contribution is 2.16. The highest BCUT2D eigenvalue weighted by molar-refractivity contribution is 5.93. The van der Waals surface area contributed by atoms with Gasteiger partial charge in [0.05, 0.1) is 6.10 Å². The first-order valence-corrected chi connectivity index (χ1v) is 7.99. The summed E-state index contributed by atoms with van der Waals surface area (Å²) in [5.41, 5.74) is 0.583. The van der Waals surface area contributed by atoms with E-state index >= 15 is 0 Å². The topological polar surface area (TPSA) is 88.2 Å². The molecule has 0 radical (unpaired) electrons. The Hall–Kier alpha value is -2.54. The number of ether oxygens (including phenoxy) is 1. The molecule has 126 valence electrons. The first-order valence-electron chi connectivity index (χ1n) is 7.99. The molecule has 2 aromatic heterocycles. The maximum Gasteiger partial charge on any atom is 0.263 e. The van der Waals surface area contributed by atoms with E-state index in [9.17, 15) is 9.59 Å². The molecule has 0 saturated carbocycles. The van der Waals surface area contributed by atoms with Gasteiger partial charge in [0, 0.05) is 38.3 Å². The van der Waals surface area contributed by atoms with Crippen LogP contribution in [0.3, 0.4) is 0 Å². The third-order valence-corrected chi connectivity index (χ3v) is 4.01. The van der Waals surface area contributed by atoms with Gasteiger partial charge in [0.15, 0.2) is 0 Å². The monoisotopic (exact) mass is 328 g/mol. The Morgan fingerprint density at radius 3 is 2.88 bits per heavy atom. The van der Waals surface area contributed by atoms with E-state index in [0.29, 0.717) is 25.5 Å². The largest absolute Gasteiger partial charge is 0.376 e. The molecule has 1 atom stereocenters. The van der Waals surface area contributed by atoms with Crippen LogP contribution in [-0.4, -0.2) is 45.0 Å². The number of carbonyl (C=O) groups is 1. The number of aromatic amines is 1. The summed E-state index contributed by atoms with van der Waals surface area (Å²) in [4.78, 5) is 37.2. The molecular formula is C17H20N4O3. The van der Waals surface area contributed by atoms with Gasteiger partial charge in [0.25, 0.3) is 11.5 Å². The zero-order valence-corrected chi connectivity index (χ0v) is 13.6. The van der Waals surface area contributed by atoms with Crippen molar-refractivity contribution in [3.05, 3.63) is 58.0 Å². The first kappa shape index (κ1) is 16.3. The number of nitrogens with zero attached hydrogens (tertiary/aromatic N) is 3. The van der Waals surface area contributed by atoms with Crippen molar-refractivity contribution < 1.29 is 9.53 Å². The summed E-state index contributed by atoms with van der Waals surface area (Å²) >= 11 is 0. The van der Waals surface area contributed by atoms with Gasteiger partial charge in [-0.3, -0.25) is 14.6 Å². The van der Waals surface area contributed by atoms with Crippen molar-refractivity contribution in [2.75, 3.05) is 13.2 Å². The molecule has 0 spiro atoms. The van der Waals surface area contributed by atoms with E-state index in [2.05, 4.69) is 15.0 Å². The molecule has 0 aliphatic carbocycles. The van der Waals surface area contributed by atoms with Crippen molar-refractivity contribution in [2.45, 2.75) is 32.4 Å². The van der Waals surface area contributed by atoms with Crippen LogP contribution in [-0.2, 0) is 11.3 Å². The van der Waals surface area contributed by atoms with E-state index in [-0.39, 0.29) is 17.6 Å². The van der Waals surface area contributed by atoms with Crippen LogP contribution in [0.1, 0.15) is 34.6 Å². The Balaban J connectivity index is 1.84. The van der Waals surface area contributed by atoms with Crippen LogP contribution in [0.25, 0.3) is 0 Å². The van der Waals surface area contributed by atoms with E-state index < -0.39 is 5.56 Å². The van der Waals surface area contributed by atoms with Gasteiger partial charge in [-0.25, -0.2) is 4.98 Å². The molecule has 2 aromatic rings. The molecule has 0 aromatic carbocycles. The minimum atomic E-state index is -0.417. The van der Waals surface area contributed by atoms with Crippen LogP contribution in [0.15, 0.2) is 35.5 Å². The molecule has 1 aliphatic rings. The van der Waals surface area contributed by atoms with E-state index in [4.69, 9.17) is 4.74 Å². The number of amides is 1. The average molecular weight is 328 g/mol. The lowest BCUT2D eigenvalue weighted by Gasteiger charge is -2.25. The van der Waals surface area contributed by atoms with Crippen LogP contribution in [0.2, 0.25) is 0 Å².